The molecule has 0 atom stereocenters. The van der Waals surface area contributed by atoms with Crippen LogP contribution in [0.2, 0.25) is 0 Å². The highest BCUT2D eigenvalue weighted by atomic mass is 32.2. The molecule has 66 valence electrons. The van der Waals surface area contributed by atoms with Crippen molar-refractivity contribution >= 4 is 10.0 Å². The Labute approximate surface area is 69.3 Å². The fourth-order valence-corrected chi connectivity index (χ4v) is 1.34. The molecular weight excluding hydrogens is 182 g/mol. The molecule has 0 unspecified atom stereocenters. The Balaban J connectivity index is 3.21. The zero-order valence-electron chi connectivity index (χ0n) is 5.93. The van der Waals surface area contributed by atoms with Crippen molar-refractivity contribution in [3.8, 4) is 5.75 Å². The van der Waals surface area contributed by atoms with Gasteiger partial charge in [0.25, 0.3) is 10.0 Å². The van der Waals surface area contributed by atoms with Gasteiger partial charge in [0.2, 0.25) is 0 Å². The maximum atomic E-state index is 10.9. The number of aromatic hydroxyl groups is 1. The molecule has 0 heterocycles. The van der Waals surface area contributed by atoms with E-state index in [0.29, 0.717) is 0 Å². The summed E-state index contributed by atoms with van der Waals surface area (Å²) in [5.41, 5.74) is 0. The van der Waals surface area contributed by atoms with Crippen LogP contribution in [0.5, 0.6) is 5.75 Å². The minimum Gasteiger partial charge on any atom is -0.508 e. The highest BCUT2D eigenvalue weighted by molar-refractivity contribution is 7.89. The number of rotatable bonds is 2. The van der Waals surface area contributed by atoms with Gasteiger partial charge in [0.15, 0.2) is 0 Å². The Morgan fingerprint density at radius 1 is 1.33 bits per heavy atom. The predicted molar refractivity (Wildman–Crippen MR) is 40.2 cm³/mol. The summed E-state index contributed by atoms with van der Waals surface area (Å²) in [6.07, 6.45) is 0. The van der Waals surface area contributed by atoms with E-state index >= 15 is 0 Å². The fraction of sp³-hybridized carbons (Fsp3) is 0. The summed E-state index contributed by atoms with van der Waals surface area (Å²) < 4.78 is 21.8. The van der Waals surface area contributed by atoms with Gasteiger partial charge >= 0.3 is 0 Å². The highest BCUT2D eigenvalue weighted by Gasteiger charge is 2.11. The van der Waals surface area contributed by atoms with Crippen LogP contribution < -0.4 is 4.89 Å². The number of hydrogen-bond acceptors (Lipinski definition) is 4. The molecule has 12 heavy (non-hydrogen) atoms. The van der Waals surface area contributed by atoms with E-state index in [4.69, 9.17) is 10.3 Å². The number of phenolic OH excluding ortho intramolecular Hbond substituents is 1. The van der Waals surface area contributed by atoms with Crippen molar-refractivity contribution in [2.45, 2.75) is 4.90 Å². The van der Waals surface area contributed by atoms with E-state index in [0.717, 1.165) is 11.0 Å². The molecular formula is C6H7NO4S. The average Bonchev–Trinajstić information content (AvgIpc) is 2.05. The average molecular weight is 189 g/mol. The molecule has 1 aromatic rings. The van der Waals surface area contributed by atoms with Gasteiger partial charge in [-0.1, -0.05) is 11.0 Å². The van der Waals surface area contributed by atoms with Gasteiger partial charge in [0.05, 0.1) is 4.90 Å². The maximum Gasteiger partial charge on any atom is 0.262 e. The molecule has 0 spiro atoms. The van der Waals surface area contributed by atoms with Gasteiger partial charge in [-0.25, -0.2) is 8.42 Å². The zero-order chi connectivity index (χ0) is 9.19. The quantitative estimate of drug-likeness (QED) is 0.574. The van der Waals surface area contributed by atoms with Crippen molar-refractivity contribution in [1.29, 1.82) is 0 Å². The van der Waals surface area contributed by atoms with Crippen LogP contribution in [-0.2, 0) is 10.0 Å². The Morgan fingerprint density at radius 2 is 2.00 bits per heavy atom. The van der Waals surface area contributed by atoms with Crippen molar-refractivity contribution in [1.82, 2.24) is 4.89 Å². The van der Waals surface area contributed by atoms with Crippen molar-refractivity contribution in [2.75, 3.05) is 0 Å². The molecule has 0 amide bonds. The monoisotopic (exact) mass is 189 g/mol. The van der Waals surface area contributed by atoms with E-state index in [1.165, 1.54) is 18.2 Å². The summed E-state index contributed by atoms with van der Waals surface area (Å²) >= 11 is 0. The second-order valence-corrected chi connectivity index (χ2v) is 3.75. The normalized spacial score (nSPS) is 11.4. The van der Waals surface area contributed by atoms with Gasteiger partial charge in [-0.3, -0.25) is 0 Å². The Morgan fingerprint density at radius 3 is 2.50 bits per heavy atom. The van der Waals surface area contributed by atoms with Crippen LogP contribution in [0.25, 0.3) is 0 Å². The van der Waals surface area contributed by atoms with Crippen molar-refractivity contribution in [3.05, 3.63) is 24.3 Å². The van der Waals surface area contributed by atoms with Crippen molar-refractivity contribution in [2.24, 2.45) is 0 Å². The topological polar surface area (TPSA) is 86.6 Å². The smallest absolute Gasteiger partial charge is 0.262 e. The van der Waals surface area contributed by atoms with E-state index in [2.05, 4.69) is 0 Å². The molecule has 0 saturated carbocycles. The summed E-state index contributed by atoms with van der Waals surface area (Å²) in [4.78, 5) is 0.956. The first-order chi connectivity index (χ1) is 5.56. The van der Waals surface area contributed by atoms with Crippen molar-refractivity contribution < 1.29 is 18.7 Å². The Bertz CT molecular complexity index is 373. The van der Waals surface area contributed by atoms with Gasteiger partial charge in [0, 0.05) is 0 Å². The lowest BCUT2D eigenvalue weighted by Crippen LogP contribution is -2.19. The van der Waals surface area contributed by atoms with E-state index in [9.17, 15) is 8.42 Å². The van der Waals surface area contributed by atoms with Crippen LogP contribution in [0.3, 0.4) is 0 Å². The summed E-state index contributed by atoms with van der Waals surface area (Å²) in [6, 6.07) is 4.97. The molecule has 0 aliphatic carbocycles. The van der Waals surface area contributed by atoms with Crippen LogP contribution >= 0.6 is 0 Å². The zero-order valence-corrected chi connectivity index (χ0v) is 6.75. The molecule has 1 aromatic carbocycles. The van der Waals surface area contributed by atoms with Crippen LogP contribution in [0, 0.1) is 0 Å². The number of sulfonamides is 1. The molecule has 0 saturated heterocycles. The lowest BCUT2D eigenvalue weighted by atomic mass is 10.3. The molecule has 0 bridgehead atoms. The molecule has 0 aromatic heterocycles. The number of nitrogens with one attached hydrogen (secondary N) is 1. The largest absolute Gasteiger partial charge is 0.508 e. The molecule has 5 nitrogen and oxygen atoms in total. The van der Waals surface area contributed by atoms with E-state index in [1.807, 2.05) is 0 Å². The van der Waals surface area contributed by atoms with E-state index in [1.54, 1.807) is 0 Å². The summed E-state index contributed by atoms with van der Waals surface area (Å²) in [5.74, 6) is -0.175. The van der Waals surface area contributed by atoms with Crippen LogP contribution in [0.1, 0.15) is 0 Å². The number of benzene rings is 1. The molecule has 0 fully saturated rings. The lowest BCUT2D eigenvalue weighted by Gasteiger charge is -2.00. The lowest BCUT2D eigenvalue weighted by molar-refractivity contribution is 0.242. The molecule has 0 aliphatic rings. The third-order valence-corrected chi connectivity index (χ3v) is 2.36. The molecule has 0 aliphatic heterocycles. The van der Waals surface area contributed by atoms with Gasteiger partial charge in [-0.2, -0.15) is 0 Å². The van der Waals surface area contributed by atoms with Gasteiger partial charge in [-0.05, 0) is 18.2 Å². The summed E-state index contributed by atoms with van der Waals surface area (Å²) in [7, 11) is -3.88. The van der Waals surface area contributed by atoms with Gasteiger partial charge in [0.1, 0.15) is 5.75 Å². The summed E-state index contributed by atoms with van der Waals surface area (Å²) in [5, 5.41) is 17.1. The van der Waals surface area contributed by atoms with Crippen LogP contribution in [0.15, 0.2) is 29.2 Å². The van der Waals surface area contributed by atoms with Crippen molar-refractivity contribution in [3.63, 3.8) is 0 Å². The third-order valence-electron chi connectivity index (χ3n) is 1.25. The number of hydrogen-bond donors (Lipinski definition) is 3. The second kappa shape index (κ2) is 3.10. The Hall–Kier alpha value is -1.11. The second-order valence-electron chi connectivity index (χ2n) is 2.09. The van der Waals surface area contributed by atoms with Gasteiger partial charge < -0.3 is 10.3 Å². The first-order valence-electron chi connectivity index (χ1n) is 3.01. The molecule has 6 heteroatoms. The third kappa shape index (κ3) is 1.73. The van der Waals surface area contributed by atoms with E-state index < -0.39 is 10.0 Å². The standard InChI is InChI=1S/C6H7NO4S/c8-5-2-1-3-6(4-5)12(10,11)7-9/h1-4,7-9H. The minimum absolute atomic E-state index is 0.175. The first-order valence-corrected chi connectivity index (χ1v) is 4.49. The Kier molecular flexibility index (Phi) is 2.32. The molecule has 3 N–H and O–H groups in total. The fourth-order valence-electron chi connectivity index (χ4n) is 0.703. The summed E-state index contributed by atoms with van der Waals surface area (Å²) in [6.45, 7) is 0. The SMILES string of the molecule is O=S(=O)(NO)c1cccc(O)c1. The van der Waals surface area contributed by atoms with E-state index in [-0.39, 0.29) is 10.6 Å². The first kappa shape index (κ1) is 8.98. The number of phenols is 1. The maximum absolute atomic E-state index is 10.9. The molecule has 0 radical (unpaired) electrons. The minimum atomic E-state index is -3.88. The predicted octanol–water partition coefficient (Wildman–Crippen LogP) is 0.0597. The highest BCUT2D eigenvalue weighted by Crippen LogP contribution is 2.14. The molecule has 1 rings (SSSR count). The van der Waals surface area contributed by atoms with Crippen LogP contribution in [0.4, 0.5) is 0 Å². The van der Waals surface area contributed by atoms with Gasteiger partial charge in [-0.15, -0.1) is 0 Å². The van der Waals surface area contributed by atoms with Crippen LogP contribution in [-0.4, -0.2) is 18.7 Å².